The van der Waals surface area contributed by atoms with Crippen molar-refractivity contribution in [2.45, 2.75) is 70.6 Å². The summed E-state index contributed by atoms with van der Waals surface area (Å²) in [4.78, 5) is 32.3. The number of hydrogen-bond donors (Lipinski definition) is 0. The summed E-state index contributed by atoms with van der Waals surface area (Å²) >= 11 is 0. The van der Waals surface area contributed by atoms with E-state index in [1.807, 2.05) is 56.0 Å². The molecule has 2 saturated heterocycles. The number of para-hydroxylation sites is 1. The molecule has 2 aliphatic heterocycles. The average Bonchev–Trinajstić information content (AvgIpc) is 2.64. The van der Waals surface area contributed by atoms with Gasteiger partial charge in [-0.1, -0.05) is 18.2 Å². The number of hydrogen-bond acceptors (Lipinski definition) is 4. The molecule has 2 fully saturated rings. The standard InChI is InChI=1S/C23H28N2O3/c1-23(2,3)28-22(27)25-18-8-6-9-19(25)13-16(12-18)21(26)17-11-15-7-4-5-10-20(15)24-14-17/h4-5,7,10-11,14,16,18-19H,6,8-9,12-13H2,1-3H3. The van der Waals surface area contributed by atoms with Gasteiger partial charge in [0, 0.05) is 35.1 Å². The number of nitrogens with zero attached hydrogens (tertiary/aromatic N) is 2. The molecular formula is C23H28N2O3. The molecule has 2 unspecified atom stereocenters. The first-order valence-electron chi connectivity index (χ1n) is 10.2. The molecule has 1 amide bonds. The Morgan fingerprint density at radius 2 is 1.79 bits per heavy atom. The molecular weight excluding hydrogens is 352 g/mol. The smallest absolute Gasteiger partial charge is 0.410 e. The van der Waals surface area contributed by atoms with Crippen molar-refractivity contribution < 1.29 is 14.3 Å². The highest BCUT2D eigenvalue weighted by molar-refractivity contribution is 6.00. The lowest BCUT2D eigenvalue weighted by Gasteiger charge is -2.48. The van der Waals surface area contributed by atoms with E-state index in [0.29, 0.717) is 18.4 Å². The van der Waals surface area contributed by atoms with Gasteiger partial charge in [0.05, 0.1) is 5.52 Å². The molecule has 2 aliphatic rings. The van der Waals surface area contributed by atoms with Crippen LogP contribution in [-0.2, 0) is 4.74 Å². The second-order valence-corrected chi connectivity index (χ2v) is 9.08. The molecule has 148 valence electrons. The summed E-state index contributed by atoms with van der Waals surface area (Å²) in [6, 6.07) is 9.97. The molecule has 1 aromatic heterocycles. The van der Waals surface area contributed by atoms with Gasteiger partial charge in [-0.25, -0.2) is 4.79 Å². The van der Waals surface area contributed by atoms with Crippen LogP contribution >= 0.6 is 0 Å². The molecule has 28 heavy (non-hydrogen) atoms. The molecule has 2 bridgehead atoms. The second-order valence-electron chi connectivity index (χ2n) is 9.08. The molecule has 3 heterocycles. The van der Waals surface area contributed by atoms with Crippen molar-refractivity contribution >= 4 is 22.8 Å². The summed E-state index contributed by atoms with van der Waals surface area (Å²) < 4.78 is 5.63. The zero-order chi connectivity index (χ0) is 19.9. The Balaban J connectivity index is 1.53. The van der Waals surface area contributed by atoms with Gasteiger partial charge in [0.15, 0.2) is 5.78 Å². The largest absolute Gasteiger partial charge is 0.444 e. The van der Waals surface area contributed by atoms with Crippen LogP contribution in [0.5, 0.6) is 0 Å². The number of fused-ring (bicyclic) bond motifs is 3. The lowest BCUT2D eigenvalue weighted by atomic mass is 9.76. The number of pyridine rings is 1. The molecule has 2 aromatic rings. The van der Waals surface area contributed by atoms with E-state index in [9.17, 15) is 9.59 Å². The predicted molar refractivity (Wildman–Crippen MR) is 108 cm³/mol. The molecule has 5 heteroatoms. The van der Waals surface area contributed by atoms with E-state index in [-0.39, 0.29) is 29.9 Å². The van der Waals surface area contributed by atoms with Crippen molar-refractivity contribution in [1.82, 2.24) is 9.88 Å². The molecule has 1 aromatic carbocycles. The van der Waals surface area contributed by atoms with E-state index in [0.717, 1.165) is 30.2 Å². The average molecular weight is 380 g/mol. The Morgan fingerprint density at radius 1 is 1.11 bits per heavy atom. The minimum atomic E-state index is -0.505. The lowest BCUT2D eigenvalue weighted by Crippen LogP contribution is -2.56. The van der Waals surface area contributed by atoms with Crippen molar-refractivity contribution in [3.05, 3.63) is 42.1 Å². The fourth-order valence-electron chi connectivity index (χ4n) is 4.65. The highest BCUT2D eigenvalue weighted by atomic mass is 16.6. The molecule has 0 aliphatic carbocycles. The van der Waals surface area contributed by atoms with Crippen LogP contribution in [0.25, 0.3) is 10.9 Å². The van der Waals surface area contributed by atoms with Crippen LogP contribution in [0.4, 0.5) is 4.79 Å². The number of amides is 1. The fraction of sp³-hybridized carbons (Fsp3) is 0.522. The highest BCUT2D eigenvalue weighted by Crippen LogP contribution is 2.39. The van der Waals surface area contributed by atoms with Gasteiger partial charge in [-0.2, -0.15) is 0 Å². The van der Waals surface area contributed by atoms with Crippen LogP contribution in [0.2, 0.25) is 0 Å². The Bertz CT molecular complexity index is 888. The van der Waals surface area contributed by atoms with E-state index in [1.54, 1.807) is 6.20 Å². The van der Waals surface area contributed by atoms with Gasteiger partial charge in [-0.05, 0) is 65.0 Å². The summed E-state index contributed by atoms with van der Waals surface area (Å²) in [6.45, 7) is 5.68. The molecule has 0 spiro atoms. The normalized spacial score (nSPS) is 24.8. The Morgan fingerprint density at radius 3 is 2.46 bits per heavy atom. The number of carbonyl (C=O) groups is 2. The summed E-state index contributed by atoms with van der Waals surface area (Å²) in [5, 5.41) is 0.986. The molecule has 0 saturated carbocycles. The number of piperidine rings is 2. The molecule has 0 radical (unpaired) electrons. The van der Waals surface area contributed by atoms with Gasteiger partial charge < -0.3 is 9.64 Å². The number of Topliss-reactive ketones (excluding diaryl/α,β-unsaturated/α-hetero) is 1. The third kappa shape index (κ3) is 3.75. The predicted octanol–water partition coefficient (Wildman–Crippen LogP) is 4.99. The Kier molecular flexibility index (Phi) is 4.86. The summed E-state index contributed by atoms with van der Waals surface area (Å²) in [5.74, 6) is 0.0935. The van der Waals surface area contributed by atoms with Crippen LogP contribution in [0, 0.1) is 5.92 Å². The van der Waals surface area contributed by atoms with Crippen LogP contribution in [0.1, 0.15) is 63.2 Å². The van der Waals surface area contributed by atoms with E-state index < -0.39 is 5.60 Å². The van der Waals surface area contributed by atoms with Crippen molar-refractivity contribution in [1.29, 1.82) is 0 Å². The first-order valence-corrected chi connectivity index (χ1v) is 10.2. The van der Waals surface area contributed by atoms with Crippen LogP contribution in [0.3, 0.4) is 0 Å². The number of ketones is 1. The minimum absolute atomic E-state index is 0.0584. The van der Waals surface area contributed by atoms with Gasteiger partial charge in [-0.3, -0.25) is 9.78 Å². The molecule has 2 atom stereocenters. The van der Waals surface area contributed by atoms with E-state index in [2.05, 4.69) is 4.98 Å². The van der Waals surface area contributed by atoms with Crippen LogP contribution in [0.15, 0.2) is 36.5 Å². The van der Waals surface area contributed by atoms with Gasteiger partial charge in [0.1, 0.15) is 5.60 Å². The van der Waals surface area contributed by atoms with Crippen LogP contribution in [-0.4, -0.2) is 39.4 Å². The third-order valence-electron chi connectivity index (χ3n) is 5.82. The van der Waals surface area contributed by atoms with E-state index >= 15 is 0 Å². The number of carbonyl (C=O) groups excluding carboxylic acids is 2. The maximum absolute atomic E-state index is 13.2. The number of benzene rings is 1. The third-order valence-corrected chi connectivity index (χ3v) is 5.82. The van der Waals surface area contributed by atoms with Crippen molar-refractivity contribution in [2.75, 3.05) is 0 Å². The zero-order valence-electron chi connectivity index (χ0n) is 16.9. The van der Waals surface area contributed by atoms with Crippen molar-refractivity contribution in [2.24, 2.45) is 5.92 Å². The monoisotopic (exact) mass is 380 g/mol. The fourth-order valence-corrected chi connectivity index (χ4v) is 4.65. The lowest BCUT2D eigenvalue weighted by molar-refractivity contribution is -0.0260. The van der Waals surface area contributed by atoms with Gasteiger partial charge in [-0.15, -0.1) is 0 Å². The number of ether oxygens (including phenoxy) is 1. The van der Waals surface area contributed by atoms with Crippen molar-refractivity contribution in [3.63, 3.8) is 0 Å². The van der Waals surface area contributed by atoms with Gasteiger partial charge in [0.25, 0.3) is 0 Å². The Hall–Kier alpha value is -2.43. The highest BCUT2D eigenvalue weighted by Gasteiger charge is 2.44. The zero-order valence-corrected chi connectivity index (χ0v) is 16.9. The topological polar surface area (TPSA) is 59.5 Å². The van der Waals surface area contributed by atoms with Gasteiger partial charge >= 0.3 is 6.09 Å². The number of aromatic nitrogens is 1. The SMILES string of the molecule is CC(C)(C)OC(=O)N1C2CCCC1CC(C(=O)c1cnc3ccccc3c1)C2. The van der Waals surface area contributed by atoms with E-state index in [4.69, 9.17) is 4.74 Å². The molecule has 4 rings (SSSR count). The second kappa shape index (κ2) is 7.19. The quantitative estimate of drug-likeness (QED) is 0.689. The maximum Gasteiger partial charge on any atom is 0.410 e. The Labute approximate surface area is 166 Å². The molecule has 5 nitrogen and oxygen atoms in total. The maximum atomic E-state index is 13.2. The first-order chi connectivity index (χ1) is 13.3. The number of rotatable bonds is 2. The van der Waals surface area contributed by atoms with E-state index in [1.165, 1.54) is 0 Å². The summed E-state index contributed by atoms with van der Waals surface area (Å²) in [5.41, 5.74) is 1.07. The van der Waals surface area contributed by atoms with Crippen LogP contribution < -0.4 is 0 Å². The van der Waals surface area contributed by atoms with Crippen molar-refractivity contribution in [3.8, 4) is 0 Å². The summed E-state index contributed by atoms with van der Waals surface area (Å²) in [6.07, 6.45) is 5.86. The molecule has 0 N–H and O–H groups in total. The summed E-state index contributed by atoms with van der Waals surface area (Å²) in [7, 11) is 0. The minimum Gasteiger partial charge on any atom is -0.444 e. The first kappa shape index (κ1) is 18.9. The van der Waals surface area contributed by atoms with Gasteiger partial charge in [0.2, 0.25) is 0 Å².